The van der Waals surface area contributed by atoms with E-state index in [2.05, 4.69) is 4.90 Å². The fourth-order valence-electron chi connectivity index (χ4n) is 1.98. The van der Waals surface area contributed by atoms with E-state index in [0.717, 1.165) is 29.8 Å². The Bertz CT molecular complexity index is 394. The lowest BCUT2D eigenvalue weighted by molar-refractivity contribution is 0.133. The van der Waals surface area contributed by atoms with Gasteiger partial charge in [-0.15, -0.1) is 0 Å². The van der Waals surface area contributed by atoms with Crippen molar-refractivity contribution in [3.63, 3.8) is 0 Å². The van der Waals surface area contributed by atoms with Gasteiger partial charge in [0.25, 0.3) is 0 Å². The van der Waals surface area contributed by atoms with Gasteiger partial charge in [-0.2, -0.15) is 0 Å². The highest BCUT2D eigenvalue weighted by Crippen LogP contribution is 2.29. The Kier molecular flexibility index (Phi) is 6.28. The normalized spacial score (nSPS) is 14.5. The van der Waals surface area contributed by atoms with E-state index >= 15 is 0 Å². The molecule has 0 amide bonds. The Morgan fingerprint density at radius 2 is 2.05 bits per heavy atom. The summed E-state index contributed by atoms with van der Waals surface area (Å²) in [5.41, 5.74) is 7.96. The molecule has 3 N–H and O–H groups in total. The highest BCUT2D eigenvalue weighted by Gasteiger charge is 2.20. The summed E-state index contributed by atoms with van der Waals surface area (Å²) in [5, 5.41) is 10.4. The molecule has 2 unspecified atom stereocenters. The van der Waals surface area contributed by atoms with E-state index in [1.807, 2.05) is 46.1 Å². The number of aliphatic hydroxyl groups excluding tert-OH is 1. The number of nitrogens with zero attached hydrogens (tertiary/aromatic N) is 1. The van der Waals surface area contributed by atoms with Crippen LogP contribution < -0.4 is 10.5 Å². The molecule has 0 fully saturated rings. The summed E-state index contributed by atoms with van der Waals surface area (Å²) in [6.45, 7) is 5.36. The number of rotatable bonds is 7. The predicted molar refractivity (Wildman–Crippen MR) is 78.5 cm³/mol. The van der Waals surface area contributed by atoms with Gasteiger partial charge in [0, 0.05) is 11.6 Å². The highest BCUT2D eigenvalue weighted by molar-refractivity contribution is 5.39. The number of aryl methyl sites for hydroxylation is 1. The van der Waals surface area contributed by atoms with Gasteiger partial charge >= 0.3 is 0 Å². The smallest absolute Gasteiger partial charge is 0.125 e. The minimum Gasteiger partial charge on any atom is -0.493 e. The first kappa shape index (κ1) is 16.0. The Hall–Kier alpha value is -1.10. The number of ether oxygens (including phenoxy) is 1. The SMILES string of the molecule is CCOc1ccc(C)cc1C(O)C(N)CCN(C)C. The van der Waals surface area contributed by atoms with Crippen LogP contribution in [0.1, 0.15) is 30.6 Å². The number of hydrogen-bond donors (Lipinski definition) is 2. The first-order valence-electron chi connectivity index (χ1n) is 6.77. The zero-order chi connectivity index (χ0) is 14.4. The summed E-state index contributed by atoms with van der Waals surface area (Å²) in [6, 6.07) is 5.54. The summed E-state index contributed by atoms with van der Waals surface area (Å²) >= 11 is 0. The van der Waals surface area contributed by atoms with E-state index in [1.54, 1.807) is 0 Å². The molecule has 0 radical (unpaired) electrons. The van der Waals surface area contributed by atoms with Crippen LogP contribution >= 0.6 is 0 Å². The lowest BCUT2D eigenvalue weighted by atomic mass is 9.98. The monoisotopic (exact) mass is 266 g/mol. The van der Waals surface area contributed by atoms with Crippen LogP contribution in [0.3, 0.4) is 0 Å². The molecule has 0 aromatic heterocycles. The van der Waals surface area contributed by atoms with E-state index in [0.29, 0.717) is 6.61 Å². The minimum atomic E-state index is -0.693. The molecular formula is C15H26N2O2. The lowest BCUT2D eigenvalue weighted by Gasteiger charge is -2.23. The van der Waals surface area contributed by atoms with Crippen molar-refractivity contribution in [2.75, 3.05) is 27.2 Å². The van der Waals surface area contributed by atoms with Crippen LogP contribution in [-0.2, 0) is 0 Å². The standard InChI is InChI=1S/C15H26N2O2/c1-5-19-14-7-6-11(2)10-12(14)15(18)13(16)8-9-17(3)4/h6-7,10,13,15,18H,5,8-9,16H2,1-4H3. The largest absolute Gasteiger partial charge is 0.493 e. The summed E-state index contributed by atoms with van der Waals surface area (Å²) in [7, 11) is 3.99. The topological polar surface area (TPSA) is 58.7 Å². The van der Waals surface area contributed by atoms with Crippen molar-refractivity contribution >= 4 is 0 Å². The second-order valence-corrected chi connectivity index (χ2v) is 5.17. The van der Waals surface area contributed by atoms with Crippen molar-refractivity contribution < 1.29 is 9.84 Å². The molecule has 4 heteroatoms. The van der Waals surface area contributed by atoms with Crippen molar-refractivity contribution in [2.45, 2.75) is 32.4 Å². The first-order valence-corrected chi connectivity index (χ1v) is 6.77. The second kappa shape index (κ2) is 7.48. The molecular weight excluding hydrogens is 240 g/mol. The van der Waals surface area contributed by atoms with Gasteiger partial charge in [0.05, 0.1) is 12.7 Å². The van der Waals surface area contributed by atoms with Crippen LogP contribution in [0.2, 0.25) is 0 Å². The molecule has 0 bridgehead atoms. The lowest BCUT2D eigenvalue weighted by Crippen LogP contribution is -2.32. The molecule has 108 valence electrons. The van der Waals surface area contributed by atoms with E-state index in [-0.39, 0.29) is 6.04 Å². The van der Waals surface area contributed by atoms with Crippen LogP contribution in [-0.4, -0.2) is 43.3 Å². The number of benzene rings is 1. The molecule has 0 saturated heterocycles. The van der Waals surface area contributed by atoms with Crippen LogP contribution in [0.5, 0.6) is 5.75 Å². The number of nitrogens with two attached hydrogens (primary N) is 1. The maximum absolute atomic E-state index is 10.4. The third-order valence-corrected chi connectivity index (χ3v) is 3.10. The van der Waals surface area contributed by atoms with Gasteiger partial charge in [-0.05, 0) is 53.0 Å². The first-order chi connectivity index (χ1) is 8.95. The van der Waals surface area contributed by atoms with Gasteiger partial charge in [-0.1, -0.05) is 11.6 Å². The predicted octanol–water partition coefficient (Wildman–Crippen LogP) is 1.71. The molecule has 0 heterocycles. The van der Waals surface area contributed by atoms with Crippen molar-refractivity contribution in [3.05, 3.63) is 29.3 Å². The molecule has 19 heavy (non-hydrogen) atoms. The Balaban J connectivity index is 2.84. The maximum atomic E-state index is 10.4. The molecule has 4 nitrogen and oxygen atoms in total. The van der Waals surface area contributed by atoms with Gasteiger partial charge in [-0.25, -0.2) is 0 Å². The zero-order valence-electron chi connectivity index (χ0n) is 12.4. The Morgan fingerprint density at radius 1 is 1.37 bits per heavy atom. The number of aliphatic hydroxyl groups is 1. The zero-order valence-corrected chi connectivity index (χ0v) is 12.4. The fourth-order valence-corrected chi connectivity index (χ4v) is 1.98. The maximum Gasteiger partial charge on any atom is 0.125 e. The van der Waals surface area contributed by atoms with Crippen LogP contribution in [0.4, 0.5) is 0 Å². The van der Waals surface area contributed by atoms with Crippen molar-refractivity contribution in [3.8, 4) is 5.75 Å². The molecule has 0 aliphatic carbocycles. The van der Waals surface area contributed by atoms with E-state index < -0.39 is 6.10 Å². The van der Waals surface area contributed by atoms with Crippen molar-refractivity contribution in [2.24, 2.45) is 5.73 Å². The molecule has 0 aliphatic heterocycles. The fraction of sp³-hybridized carbons (Fsp3) is 0.600. The third kappa shape index (κ3) is 4.82. The molecule has 0 saturated carbocycles. The number of hydrogen-bond acceptors (Lipinski definition) is 4. The van der Waals surface area contributed by atoms with Crippen LogP contribution in [0, 0.1) is 6.92 Å². The van der Waals surface area contributed by atoms with Crippen molar-refractivity contribution in [1.82, 2.24) is 4.90 Å². The average molecular weight is 266 g/mol. The Morgan fingerprint density at radius 3 is 2.63 bits per heavy atom. The molecule has 1 aromatic rings. The van der Waals surface area contributed by atoms with Gasteiger partial charge in [0.15, 0.2) is 0 Å². The molecule has 1 rings (SSSR count). The Labute approximate surface area is 116 Å². The summed E-state index contributed by atoms with van der Waals surface area (Å²) in [4.78, 5) is 2.06. The second-order valence-electron chi connectivity index (χ2n) is 5.17. The van der Waals surface area contributed by atoms with E-state index in [9.17, 15) is 5.11 Å². The van der Waals surface area contributed by atoms with E-state index in [1.165, 1.54) is 0 Å². The van der Waals surface area contributed by atoms with Gasteiger partial charge < -0.3 is 20.5 Å². The van der Waals surface area contributed by atoms with Crippen LogP contribution in [0.15, 0.2) is 18.2 Å². The quantitative estimate of drug-likeness (QED) is 0.789. The third-order valence-electron chi connectivity index (χ3n) is 3.10. The molecule has 0 aliphatic rings. The van der Waals surface area contributed by atoms with Crippen LogP contribution in [0.25, 0.3) is 0 Å². The average Bonchev–Trinajstić information content (AvgIpc) is 2.37. The summed E-state index contributed by atoms with van der Waals surface area (Å²) < 4.78 is 5.56. The van der Waals surface area contributed by atoms with Gasteiger partial charge in [0.2, 0.25) is 0 Å². The summed E-state index contributed by atoms with van der Waals surface area (Å²) in [6.07, 6.45) is 0.0506. The summed E-state index contributed by atoms with van der Waals surface area (Å²) in [5.74, 6) is 0.723. The minimum absolute atomic E-state index is 0.289. The van der Waals surface area contributed by atoms with E-state index in [4.69, 9.17) is 10.5 Å². The van der Waals surface area contributed by atoms with Gasteiger partial charge in [-0.3, -0.25) is 0 Å². The molecule has 0 spiro atoms. The van der Waals surface area contributed by atoms with Crippen molar-refractivity contribution in [1.29, 1.82) is 0 Å². The molecule has 2 atom stereocenters. The highest BCUT2D eigenvalue weighted by atomic mass is 16.5. The molecule has 1 aromatic carbocycles. The van der Waals surface area contributed by atoms with Gasteiger partial charge in [0.1, 0.15) is 5.75 Å².